The molecule has 66 heavy (non-hydrogen) atoms. The number of nitrogens with two attached hydrogens (primary N) is 2. The van der Waals surface area contributed by atoms with E-state index >= 15 is 0 Å². The molecule has 17 nitrogen and oxygen atoms in total. The summed E-state index contributed by atoms with van der Waals surface area (Å²) >= 11 is 0. The van der Waals surface area contributed by atoms with Crippen molar-refractivity contribution in [3.63, 3.8) is 0 Å². The highest BCUT2D eigenvalue weighted by atomic mass is 33.1. The fraction of sp³-hybridized carbons (Fsp3) is 0.426. The van der Waals surface area contributed by atoms with Gasteiger partial charge in [-0.25, -0.2) is 0 Å². The van der Waals surface area contributed by atoms with Gasteiger partial charge in [0, 0.05) is 41.4 Å². The van der Waals surface area contributed by atoms with Gasteiger partial charge in [0.25, 0.3) is 0 Å². The van der Waals surface area contributed by atoms with Crippen molar-refractivity contribution in [1.82, 2.24) is 36.9 Å². The average Bonchev–Trinajstić information content (AvgIpc) is 3.71. The quantitative estimate of drug-likeness (QED) is 0.0606. The van der Waals surface area contributed by atoms with Crippen LogP contribution in [0.15, 0.2) is 85.1 Å². The Morgan fingerprint density at radius 2 is 1.32 bits per heavy atom. The monoisotopic (exact) mass is 943 g/mol. The molecule has 0 unspecified atom stereocenters. The summed E-state index contributed by atoms with van der Waals surface area (Å²) in [6, 6.07) is 14.6. The lowest BCUT2D eigenvalue weighted by atomic mass is 10.0. The minimum Gasteiger partial charge on any atom is -0.508 e. The highest BCUT2D eigenvalue weighted by Gasteiger charge is 2.34. The number of aromatic hydroxyl groups is 1. The molecule has 1 aromatic heterocycles. The summed E-state index contributed by atoms with van der Waals surface area (Å²) in [5.74, 6) is -4.33. The highest BCUT2D eigenvalue weighted by molar-refractivity contribution is 8.76. The van der Waals surface area contributed by atoms with E-state index in [1.807, 2.05) is 54.6 Å². The number of phenols is 1. The van der Waals surface area contributed by atoms with Gasteiger partial charge >= 0.3 is 0 Å². The summed E-state index contributed by atoms with van der Waals surface area (Å²) in [5, 5.41) is 27.6. The number of ketones is 1. The molecule has 3 aromatic carbocycles. The number of rotatable bonds is 15. The van der Waals surface area contributed by atoms with E-state index in [0.29, 0.717) is 36.9 Å². The van der Waals surface area contributed by atoms with Crippen LogP contribution in [0.1, 0.15) is 62.6 Å². The lowest BCUT2D eigenvalue weighted by Crippen LogP contribution is -2.60. The molecule has 1 saturated heterocycles. The number of benzene rings is 3. The number of hydrogen-bond donors (Lipinski definition) is 10. The summed E-state index contributed by atoms with van der Waals surface area (Å²) < 4.78 is 0. The van der Waals surface area contributed by atoms with Gasteiger partial charge in [-0.1, -0.05) is 102 Å². The van der Waals surface area contributed by atoms with Crippen LogP contribution < -0.4 is 43.4 Å². The first-order chi connectivity index (χ1) is 31.8. The molecule has 1 fully saturated rings. The largest absolute Gasteiger partial charge is 0.508 e. The molecule has 0 saturated carbocycles. The molecule has 0 aliphatic carbocycles. The maximum absolute atomic E-state index is 14.7. The molecule has 0 spiro atoms. The minimum absolute atomic E-state index is 0.0125. The smallest absolute Gasteiger partial charge is 0.244 e. The van der Waals surface area contributed by atoms with Crippen molar-refractivity contribution in [3.05, 3.63) is 102 Å². The first-order valence-electron chi connectivity index (χ1n) is 22.2. The van der Waals surface area contributed by atoms with Gasteiger partial charge in [0.2, 0.25) is 35.4 Å². The van der Waals surface area contributed by atoms with Gasteiger partial charge < -0.3 is 53.5 Å². The fourth-order valence-corrected chi connectivity index (χ4v) is 9.79. The number of carbonyl (C=O) groups is 7. The van der Waals surface area contributed by atoms with Crippen LogP contribution in [0.25, 0.3) is 10.9 Å². The first kappa shape index (κ1) is 51.1. The number of hydrogen-bond acceptors (Lipinski definition) is 12. The third kappa shape index (κ3) is 15.4. The van der Waals surface area contributed by atoms with E-state index in [2.05, 4.69) is 36.9 Å². The Balaban J connectivity index is 1.53. The van der Waals surface area contributed by atoms with Crippen LogP contribution in [0.5, 0.6) is 5.75 Å². The van der Waals surface area contributed by atoms with Gasteiger partial charge in [0.15, 0.2) is 5.78 Å². The van der Waals surface area contributed by atoms with E-state index < -0.39 is 77.7 Å². The molecular weight excluding hydrogens is 883 g/mol. The molecule has 0 radical (unpaired) electrons. The Labute approximate surface area is 392 Å². The van der Waals surface area contributed by atoms with Gasteiger partial charge in [0.05, 0.1) is 12.1 Å². The maximum atomic E-state index is 14.7. The number of amides is 6. The molecule has 19 heteroatoms. The van der Waals surface area contributed by atoms with Gasteiger partial charge in [-0.05, 0) is 74.0 Å². The predicted octanol–water partition coefficient (Wildman–Crippen LogP) is 2.05. The number of aromatic amines is 1. The van der Waals surface area contributed by atoms with Crippen molar-refractivity contribution >= 4 is 73.7 Å². The van der Waals surface area contributed by atoms with Crippen LogP contribution in [0, 0.1) is 0 Å². The number of aromatic nitrogens is 1. The maximum Gasteiger partial charge on any atom is 0.244 e. The van der Waals surface area contributed by atoms with Crippen LogP contribution >= 0.6 is 21.6 Å². The lowest BCUT2D eigenvalue weighted by molar-refractivity contribution is -0.135. The van der Waals surface area contributed by atoms with Crippen molar-refractivity contribution in [1.29, 1.82) is 0 Å². The zero-order chi connectivity index (χ0) is 47.6. The molecule has 4 aromatic rings. The Bertz CT molecular complexity index is 2280. The Hall–Kier alpha value is -5.89. The first-order valence-corrected chi connectivity index (χ1v) is 24.6. The number of unbranched alkanes of at least 4 members (excludes halogenated alkanes) is 2. The topological polar surface area (TPSA) is 280 Å². The summed E-state index contributed by atoms with van der Waals surface area (Å²) in [6.07, 6.45) is 4.02. The van der Waals surface area contributed by atoms with Crippen molar-refractivity contribution in [2.24, 2.45) is 11.5 Å². The van der Waals surface area contributed by atoms with Gasteiger partial charge in [0.1, 0.15) is 36.0 Å². The number of para-hydroxylation sites is 1. The second-order valence-corrected chi connectivity index (χ2v) is 18.9. The number of carbonyl (C=O) groups excluding carboxylic acids is 7. The van der Waals surface area contributed by atoms with E-state index in [9.17, 15) is 38.7 Å². The van der Waals surface area contributed by atoms with Gasteiger partial charge in [-0.2, -0.15) is 0 Å². The normalized spacial score (nSPS) is 22.2. The van der Waals surface area contributed by atoms with Crippen LogP contribution in [-0.4, -0.2) is 112 Å². The summed E-state index contributed by atoms with van der Waals surface area (Å²) in [7, 11) is 2.34. The fourth-order valence-electron chi connectivity index (χ4n) is 7.38. The standard InChI is InChI=1S/C47H61N9O8S2/c1-3-35-43(60)55-40(28(2)57)26-65-66-27-41(56-42(59)34(49)22-29-12-6-4-7-13-29)47(64)53-38(23-30-17-19-32(58)20-18-30)45(62)54-39(24-31-25-50-36-15-10-9-14-33(31)36)46(63)52-37(44(61)51-35)16-8-5-11-21-48/h4,6-7,9-10,12-15,17-20,25,34-35,37-41,50,58H,3,5,8,11,16,21-24,26-27,48-49H2,1-2H3,(H,51,61)(H,52,63)(H,53,64)(H,54,62)(H,55,60)(H,56,59)/t34-,35+,37+,38+,39-,40+,41+/m1/s1. The molecule has 1 aliphatic rings. The van der Waals surface area contributed by atoms with Crippen molar-refractivity contribution in [2.45, 2.75) is 108 Å². The third-order valence-corrected chi connectivity index (χ3v) is 13.7. The summed E-state index contributed by atoms with van der Waals surface area (Å²) in [6.45, 7) is 3.47. The zero-order valence-corrected chi connectivity index (χ0v) is 38.8. The highest BCUT2D eigenvalue weighted by Crippen LogP contribution is 2.24. The Morgan fingerprint density at radius 1 is 0.712 bits per heavy atom. The average molecular weight is 944 g/mol. The molecule has 5 rings (SSSR count). The molecule has 7 atom stereocenters. The molecule has 354 valence electrons. The van der Waals surface area contributed by atoms with Crippen molar-refractivity contribution in [3.8, 4) is 5.75 Å². The van der Waals surface area contributed by atoms with E-state index in [4.69, 9.17) is 11.5 Å². The van der Waals surface area contributed by atoms with Gasteiger partial charge in [-0.15, -0.1) is 0 Å². The number of nitrogens with one attached hydrogen (secondary N) is 7. The second kappa shape index (κ2) is 25.7. The van der Waals surface area contributed by atoms with Crippen LogP contribution in [0.3, 0.4) is 0 Å². The predicted molar refractivity (Wildman–Crippen MR) is 257 cm³/mol. The SMILES string of the molecule is CC[C@@H]1NC(=O)[C@H](CCCCCN)NC(=O)[C@@H](Cc2c[nH]c3ccccc23)NC(=O)[C@H](Cc2ccc(O)cc2)NC(=O)[C@@H](NC(=O)[C@H](N)Cc2ccccc2)CSSC[C@@H](C(C)=O)NC1=O. The van der Waals surface area contributed by atoms with Crippen molar-refractivity contribution in [2.75, 3.05) is 18.1 Å². The molecule has 1 aliphatic heterocycles. The molecule has 6 amide bonds. The molecule has 12 N–H and O–H groups in total. The van der Waals surface area contributed by atoms with E-state index in [0.717, 1.165) is 27.3 Å². The molecule has 0 bridgehead atoms. The second-order valence-electron chi connectivity index (χ2n) is 16.3. The van der Waals surface area contributed by atoms with Gasteiger partial charge in [-0.3, -0.25) is 33.6 Å². The Kier molecular flexibility index (Phi) is 19.9. The molecule has 2 heterocycles. The third-order valence-electron chi connectivity index (χ3n) is 11.2. The van der Waals surface area contributed by atoms with Crippen molar-refractivity contribution < 1.29 is 38.7 Å². The number of Topliss-reactive ketones (excluding diaryl/α,β-unsaturated/α-hetero) is 1. The van der Waals surface area contributed by atoms with Crippen LogP contribution in [0.4, 0.5) is 0 Å². The summed E-state index contributed by atoms with van der Waals surface area (Å²) in [4.78, 5) is 101. The van der Waals surface area contributed by atoms with E-state index in [-0.39, 0.29) is 55.1 Å². The van der Waals surface area contributed by atoms with Crippen LogP contribution in [0.2, 0.25) is 0 Å². The molecular formula is C47H61N9O8S2. The Morgan fingerprint density at radius 3 is 2.02 bits per heavy atom. The van der Waals surface area contributed by atoms with E-state index in [1.54, 1.807) is 25.3 Å². The van der Waals surface area contributed by atoms with E-state index in [1.165, 1.54) is 29.9 Å². The summed E-state index contributed by atoms with van der Waals surface area (Å²) in [5.41, 5.74) is 14.9. The number of fused-ring (bicyclic) bond motifs is 1. The number of phenolic OH excluding ortho intramolecular Hbond substituents is 1. The minimum atomic E-state index is -1.32. The zero-order valence-electron chi connectivity index (χ0n) is 37.2. The lowest BCUT2D eigenvalue weighted by Gasteiger charge is -2.28. The number of H-pyrrole nitrogens is 1. The van der Waals surface area contributed by atoms with Crippen LogP contribution in [-0.2, 0) is 52.8 Å².